The third kappa shape index (κ3) is 5.89. The monoisotopic (exact) mass is 452 g/mol. The van der Waals surface area contributed by atoms with Gasteiger partial charge in [0, 0.05) is 38.8 Å². The first-order valence-electron chi connectivity index (χ1n) is 10.4. The number of ether oxygens (including phenoxy) is 2. The third-order valence-corrected chi connectivity index (χ3v) is 6.30. The summed E-state index contributed by atoms with van der Waals surface area (Å²) in [5.74, 6) is 2.44. The Hall–Kier alpha value is -1.30. The summed E-state index contributed by atoms with van der Waals surface area (Å²) in [5, 5.41) is 0. The highest BCUT2D eigenvalue weighted by Crippen LogP contribution is 2.44. The van der Waals surface area contributed by atoms with Gasteiger partial charge in [0.1, 0.15) is 5.75 Å². The highest BCUT2D eigenvalue weighted by molar-refractivity contribution is 5.85. The Labute approximate surface area is 193 Å². The number of hydrogen-bond acceptors (Lipinski definition) is 4. The maximum atomic E-state index is 5.86. The van der Waals surface area contributed by atoms with Gasteiger partial charge in [-0.25, -0.2) is 0 Å². The zero-order valence-corrected chi connectivity index (χ0v) is 19.5. The van der Waals surface area contributed by atoms with E-state index in [0.717, 1.165) is 43.8 Å². The highest BCUT2D eigenvalue weighted by Gasteiger charge is 2.45. The standard InChI is InChI=1S/C24H32N2O2.2ClH/c1-25-15-21-16-26(13-6-14-28-18-19-7-4-3-5-8-19)17-23(21)24(25)20-9-11-22(27-2)12-10-20;;/h3-5,7-12,21,23-24H,6,13-18H2,1-2H3;2*1H/t21-,23+,24-;;/m0../s1. The van der Waals surface area contributed by atoms with Crippen LogP contribution in [0, 0.1) is 11.8 Å². The summed E-state index contributed by atoms with van der Waals surface area (Å²) in [7, 11) is 4.00. The van der Waals surface area contributed by atoms with E-state index in [4.69, 9.17) is 9.47 Å². The molecule has 0 radical (unpaired) electrons. The molecule has 2 heterocycles. The summed E-state index contributed by atoms with van der Waals surface area (Å²) in [6.45, 7) is 6.31. The van der Waals surface area contributed by atoms with Crippen molar-refractivity contribution in [2.75, 3.05) is 46.9 Å². The lowest BCUT2D eigenvalue weighted by Crippen LogP contribution is -2.30. The largest absolute Gasteiger partial charge is 0.497 e. The molecule has 3 atom stereocenters. The molecule has 2 aliphatic heterocycles. The number of hydrogen-bond donors (Lipinski definition) is 0. The van der Waals surface area contributed by atoms with E-state index in [1.807, 2.05) is 6.07 Å². The van der Waals surface area contributed by atoms with Crippen LogP contribution in [0.5, 0.6) is 5.75 Å². The van der Waals surface area contributed by atoms with Crippen molar-refractivity contribution >= 4 is 24.8 Å². The van der Waals surface area contributed by atoms with Crippen molar-refractivity contribution in [1.29, 1.82) is 0 Å². The lowest BCUT2D eigenvalue weighted by molar-refractivity contribution is 0.109. The molecule has 0 saturated carbocycles. The van der Waals surface area contributed by atoms with Crippen molar-refractivity contribution in [3.63, 3.8) is 0 Å². The van der Waals surface area contributed by atoms with Crippen LogP contribution in [0.25, 0.3) is 0 Å². The van der Waals surface area contributed by atoms with E-state index in [9.17, 15) is 0 Å². The number of nitrogens with zero attached hydrogens (tertiary/aromatic N) is 2. The molecule has 2 aromatic carbocycles. The number of rotatable bonds is 8. The Bertz CT molecular complexity index is 745. The average molecular weight is 453 g/mol. The molecule has 30 heavy (non-hydrogen) atoms. The van der Waals surface area contributed by atoms with Crippen molar-refractivity contribution in [3.8, 4) is 5.75 Å². The first-order chi connectivity index (χ1) is 13.7. The minimum atomic E-state index is 0. The van der Waals surface area contributed by atoms with Crippen LogP contribution in [0.3, 0.4) is 0 Å². The van der Waals surface area contributed by atoms with Crippen LogP contribution in [0.2, 0.25) is 0 Å². The average Bonchev–Trinajstić information content (AvgIpc) is 3.24. The second-order valence-electron chi connectivity index (χ2n) is 8.23. The van der Waals surface area contributed by atoms with Gasteiger partial charge in [0.25, 0.3) is 0 Å². The van der Waals surface area contributed by atoms with Crippen molar-refractivity contribution in [2.45, 2.75) is 19.1 Å². The van der Waals surface area contributed by atoms with E-state index < -0.39 is 0 Å². The van der Waals surface area contributed by atoms with Gasteiger partial charge in [0.15, 0.2) is 0 Å². The Morgan fingerprint density at radius 3 is 2.37 bits per heavy atom. The predicted octanol–water partition coefficient (Wildman–Crippen LogP) is 4.68. The van der Waals surface area contributed by atoms with Gasteiger partial charge in [-0.15, -0.1) is 24.8 Å². The van der Waals surface area contributed by atoms with Crippen LogP contribution in [0.4, 0.5) is 0 Å². The van der Waals surface area contributed by atoms with Crippen LogP contribution in [-0.2, 0) is 11.3 Å². The number of halogens is 2. The molecule has 2 fully saturated rings. The van der Waals surface area contributed by atoms with Gasteiger partial charge in [-0.3, -0.25) is 4.90 Å². The fourth-order valence-electron chi connectivity index (χ4n) is 4.99. The van der Waals surface area contributed by atoms with Crippen LogP contribution >= 0.6 is 24.8 Å². The van der Waals surface area contributed by atoms with Crippen molar-refractivity contribution < 1.29 is 9.47 Å². The van der Waals surface area contributed by atoms with Gasteiger partial charge >= 0.3 is 0 Å². The SMILES string of the molecule is COc1ccc([C@H]2[C@@H]3CN(CCCOCc4ccccc4)C[C@@H]3CN2C)cc1.Cl.Cl. The fourth-order valence-corrected chi connectivity index (χ4v) is 4.99. The normalized spacial score (nSPS) is 23.5. The summed E-state index contributed by atoms with van der Waals surface area (Å²) in [4.78, 5) is 5.18. The van der Waals surface area contributed by atoms with Crippen molar-refractivity contribution in [1.82, 2.24) is 9.80 Å². The van der Waals surface area contributed by atoms with Gasteiger partial charge < -0.3 is 14.4 Å². The van der Waals surface area contributed by atoms with E-state index in [2.05, 4.69) is 65.4 Å². The Morgan fingerprint density at radius 2 is 1.67 bits per heavy atom. The second kappa shape index (κ2) is 11.9. The molecule has 0 amide bonds. The third-order valence-electron chi connectivity index (χ3n) is 6.30. The first-order valence-corrected chi connectivity index (χ1v) is 10.4. The summed E-state index contributed by atoms with van der Waals surface area (Å²) in [6.07, 6.45) is 1.11. The summed E-state index contributed by atoms with van der Waals surface area (Å²) < 4.78 is 11.2. The maximum absolute atomic E-state index is 5.86. The molecule has 2 aliphatic rings. The quantitative estimate of drug-likeness (QED) is 0.542. The number of methoxy groups -OCH3 is 1. The smallest absolute Gasteiger partial charge is 0.118 e. The lowest BCUT2D eigenvalue weighted by atomic mass is 9.89. The highest BCUT2D eigenvalue weighted by atomic mass is 35.5. The molecule has 6 heteroatoms. The molecule has 0 unspecified atom stereocenters. The minimum absolute atomic E-state index is 0. The van der Waals surface area contributed by atoms with E-state index >= 15 is 0 Å². The van der Waals surface area contributed by atoms with Crippen LogP contribution < -0.4 is 4.74 Å². The van der Waals surface area contributed by atoms with Crippen molar-refractivity contribution in [3.05, 3.63) is 65.7 Å². The molecule has 0 aromatic heterocycles. The Balaban J connectivity index is 0.00000160. The predicted molar refractivity (Wildman–Crippen MR) is 127 cm³/mol. The van der Waals surface area contributed by atoms with Crippen LogP contribution in [0.15, 0.2) is 54.6 Å². The van der Waals surface area contributed by atoms with Gasteiger partial charge in [-0.1, -0.05) is 42.5 Å². The van der Waals surface area contributed by atoms with Crippen LogP contribution in [0.1, 0.15) is 23.6 Å². The summed E-state index contributed by atoms with van der Waals surface area (Å²) in [5.41, 5.74) is 2.67. The van der Waals surface area contributed by atoms with Crippen LogP contribution in [-0.4, -0.2) is 56.7 Å². The minimum Gasteiger partial charge on any atom is -0.497 e. The molecule has 0 bridgehead atoms. The summed E-state index contributed by atoms with van der Waals surface area (Å²) >= 11 is 0. The molecule has 0 spiro atoms. The maximum Gasteiger partial charge on any atom is 0.118 e. The summed E-state index contributed by atoms with van der Waals surface area (Å²) in [6, 6.07) is 19.6. The Morgan fingerprint density at radius 1 is 0.933 bits per heavy atom. The van der Waals surface area contributed by atoms with E-state index in [1.54, 1.807) is 7.11 Å². The number of likely N-dealkylation sites (tertiary alicyclic amines) is 2. The molecule has 4 rings (SSSR count). The molecule has 2 saturated heterocycles. The molecule has 4 nitrogen and oxygen atoms in total. The van der Waals surface area contributed by atoms with Gasteiger partial charge in [-0.2, -0.15) is 0 Å². The number of benzene rings is 2. The van der Waals surface area contributed by atoms with Gasteiger partial charge in [0.05, 0.1) is 13.7 Å². The van der Waals surface area contributed by atoms with E-state index in [0.29, 0.717) is 6.04 Å². The topological polar surface area (TPSA) is 24.9 Å². The van der Waals surface area contributed by atoms with Gasteiger partial charge in [-0.05, 0) is 48.6 Å². The van der Waals surface area contributed by atoms with E-state index in [-0.39, 0.29) is 24.8 Å². The fraction of sp³-hybridized carbons (Fsp3) is 0.500. The molecule has 0 aliphatic carbocycles. The zero-order chi connectivity index (χ0) is 19.3. The number of fused-ring (bicyclic) bond motifs is 1. The van der Waals surface area contributed by atoms with Crippen molar-refractivity contribution in [2.24, 2.45) is 11.8 Å². The lowest BCUT2D eigenvalue weighted by Gasteiger charge is -2.27. The molecule has 166 valence electrons. The van der Waals surface area contributed by atoms with Gasteiger partial charge in [0.2, 0.25) is 0 Å². The first kappa shape index (κ1) is 25.0. The second-order valence-corrected chi connectivity index (χ2v) is 8.23. The van der Waals surface area contributed by atoms with E-state index in [1.165, 1.54) is 30.8 Å². The molecule has 0 N–H and O–H groups in total. The molecule has 2 aromatic rings. The zero-order valence-electron chi connectivity index (χ0n) is 17.9. The Kier molecular flexibility index (Phi) is 9.92. The molecular weight excluding hydrogens is 419 g/mol. The molecular formula is C24H34Cl2N2O2.